The summed E-state index contributed by atoms with van der Waals surface area (Å²) in [6.45, 7) is 0. The van der Waals surface area contributed by atoms with E-state index in [1.165, 1.54) is 20.8 Å². The molecule has 0 heterocycles. The van der Waals surface area contributed by atoms with Gasteiger partial charge < -0.3 is 9.29 Å². The summed E-state index contributed by atoms with van der Waals surface area (Å²) in [6.07, 6.45) is -6.73. The van der Waals surface area contributed by atoms with Gasteiger partial charge in [-0.2, -0.15) is 22.0 Å². The molecule has 0 aliphatic heterocycles. The third kappa shape index (κ3) is 8.15. The fourth-order valence-electron chi connectivity index (χ4n) is 3.76. The highest BCUT2D eigenvalue weighted by atomic mass is 32.2. The number of halogens is 5. The molecule has 2 atom stereocenters. The third-order valence-electron chi connectivity index (χ3n) is 5.71. The lowest BCUT2D eigenvalue weighted by Gasteiger charge is -2.31. The zero-order chi connectivity index (χ0) is 29.4. The minimum absolute atomic E-state index is 0.0146. The van der Waals surface area contributed by atoms with Gasteiger partial charge in [0.15, 0.2) is 24.8 Å². The highest BCUT2D eigenvalue weighted by Gasteiger charge is 2.63. The van der Waals surface area contributed by atoms with Gasteiger partial charge in [-0.05, 0) is 55.7 Å². The average molecular weight is 601 g/mol. The van der Waals surface area contributed by atoms with E-state index in [0.29, 0.717) is 6.42 Å². The first-order valence-corrected chi connectivity index (χ1v) is 14.6. The first-order chi connectivity index (χ1) is 18.8. The molecule has 0 radical (unpaired) electrons. The van der Waals surface area contributed by atoms with E-state index in [2.05, 4.69) is 95.7 Å². The molecule has 0 saturated heterocycles. The Kier molecular flexibility index (Phi) is 10.5. The van der Waals surface area contributed by atoms with Crippen molar-refractivity contribution in [2.75, 3.05) is 0 Å². The van der Waals surface area contributed by atoms with Crippen LogP contribution in [-0.2, 0) is 30.5 Å². The molecule has 0 bridgehead atoms. The van der Waals surface area contributed by atoms with Gasteiger partial charge in [0.25, 0.3) is 6.10 Å². The van der Waals surface area contributed by atoms with Gasteiger partial charge in [0, 0.05) is 0 Å². The third-order valence-corrected chi connectivity index (χ3v) is 8.82. The number of alkyl halides is 5. The van der Waals surface area contributed by atoms with E-state index < -0.39 is 39.5 Å². The van der Waals surface area contributed by atoms with Crippen LogP contribution in [0.5, 0.6) is 0 Å². The molecule has 0 fully saturated rings. The summed E-state index contributed by atoms with van der Waals surface area (Å²) in [5.74, 6) is -2.71. The Morgan fingerprint density at radius 3 is 1.55 bits per heavy atom. The van der Waals surface area contributed by atoms with Crippen LogP contribution in [-0.4, -0.2) is 36.5 Å². The summed E-state index contributed by atoms with van der Waals surface area (Å²) in [4.78, 5) is 15.5. The first-order valence-electron chi connectivity index (χ1n) is 12.0. The predicted molar refractivity (Wildman–Crippen MR) is 139 cm³/mol. The SMILES string of the molecule is O=C(OC(C(F)(F)F)C(F)(F)S(=O)(=O)[O-])C1CC=CCC1.c1ccc([S+](c2ccccc2)c2ccccc2)cc1. The molecule has 0 saturated carbocycles. The van der Waals surface area contributed by atoms with Crippen molar-refractivity contribution < 1.29 is 44.5 Å². The molecule has 3 aromatic rings. The van der Waals surface area contributed by atoms with Crippen LogP contribution in [0.15, 0.2) is 118 Å². The second-order valence-corrected chi connectivity index (χ2v) is 12.1. The lowest BCUT2D eigenvalue weighted by atomic mass is 9.95. The number of carbonyl (C=O) groups excluding carboxylic acids is 1. The normalized spacial score (nSPS) is 16.5. The molecule has 0 aromatic heterocycles. The summed E-state index contributed by atoms with van der Waals surface area (Å²) in [7, 11) is -6.67. The summed E-state index contributed by atoms with van der Waals surface area (Å²) in [5, 5.41) is -5.80. The molecule has 3 aromatic carbocycles. The molecule has 2 unspecified atom stereocenters. The van der Waals surface area contributed by atoms with Crippen molar-refractivity contribution in [1.82, 2.24) is 0 Å². The van der Waals surface area contributed by atoms with Gasteiger partial charge >= 0.3 is 17.4 Å². The van der Waals surface area contributed by atoms with Crippen LogP contribution in [0, 0.1) is 5.92 Å². The van der Waals surface area contributed by atoms with Gasteiger partial charge in [0.05, 0.1) is 16.8 Å². The summed E-state index contributed by atoms with van der Waals surface area (Å²) in [6, 6.07) is 32.2. The predicted octanol–water partition coefficient (Wildman–Crippen LogP) is 6.74. The zero-order valence-electron chi connectivity index (χ0n) is 20.8. The molecular formula is C28H25F5O5S2. The molecule has 5 nitrogen and oxygen atoms in total. The fraction of sp³-hybridized carbons (Fsp3) is 0.250. The molecular weight excluding hydrogens is 575 g/mol. The van der Waals surface area contributed by atoms with E-state index in [1.807, 2.05) is 0 Å². The van der Waals surface area contributed by atoms with Crippen LogP contribution in [0.2, 0.25) is 0 Å². The minimum Gasteiger partial charge on any atom is -0.743 e. The highest BCUT2D eigenvalue weighted by Crippen LogP contribution is 2.39. The van der Waals surface area contributed by atoms with Crippen molar-refractivity contribution in [3.8, 4) is 0 Å². The van der Waals surface area contributed by atoms with Gasteiger partial charge in [-0.1, -0.05) is 66.7 Å². The number of hydrogen-bond acceptors (Lipinski definition) is 5. The molecule has 214 valence electrons. The van der Waals surface area contributed by atoms with Gasteiger partial charge in [0.1, 0.15) is 0 Å². The quantitative estimate of drug-likeness (QED) is 0.0987. The maximum Gasteiger partial charge on any atom is 0.432 e. The van der Waals surface area contributed by atoms with Crippen LogP contribution in [0.1, 0.15) is 19.3 Å². The van der Waals surface area contributed by atoms with Crippen LogP contribution in [0.3, 0.4) is 0 Å². The summed E-state index contributed by atoms with van der Waals surface area (Å²) in [5.41, 5.74) is 0. The molecule has 0 N–H and O–H groups in total. The maximum absolute atomic E-state index is 13.1. The number of carbonyl (C=O) groups is 1. The molecule has 1 aliphatic carbocycles. The lowest BCUT2D eigenvalue weighted by Crippen LogP contribution is -2.52. The smallest absolute Gasteiger partial charge is 0.432 e. The van der Waals surface area contributed by atoms with E-state index in [1.54, 1.807) is 6.08 Å². The van der Waals surface area contributed by atoms with Crippen molar-refractivity contribution in [1.29, 1.82) is 0 Å². The van der Waals surface area contributed by atoms with E-state index in [9.17, 15) is 39.7 Å². The molecule has 12 heteroatoms. The molecule has 40 heavy (non-hydrogen) atoms. The minimum atomic E-state index is -6.66. The van der Waals surface area contributed by atoms with Crippen molar-refractivity contribution in [3.63, 3.8) is 0 Å². The highest BCUT2D eigenvalue weighted by molar-refractivity contribution is 7.97. The maximum atomic E-state index is 13.1. The van der Waals surface area contributed by atoms with E-state index >= 15 is 0 Å². The standard InChI is InChI=1S/C18H15S.C10H11F5O5S/c1-4-10-16(11-5-1)19(17-12-6-2-7-13-17)18-14-8-3-9-15-18;11-9(12,13)8(10(14,15)21(17,18)19)20-7(16)6-4-2-1-3-5-6/h1-15H;1-2,6,8H,3-5H2,(H,17,18,19)/q+1;/p-1. The van der Waals surface area contributed by atoms with Crippen molar-refractivity contribution in [2.24, 2.45) is 5.92 Å². The van der Waals surface area contributed by atoms with Crippen LogP contribution >= 0.6 is 0 Å². The van der Waals surface area contributed by atoms with Crippen molar-refractivity contribution in [2.45, 2.75) is 51.5 Å². The largest absolute Gasteiger partial charge is 0.743 e. The zero-order valence-corrected chi connectivity index (χ0v) is 22.5. The Bertz CT molecular complexity index is 1270. The topological polar surface area (TPSA) is 83.5 Å². The number of benzene rings is 3. The Hall–Kier alpha value is -3.22. The van der Waals surface area contributed by atoms with Gasteiger partial charge in [-0.3, -0.25) is 4.79 Å². The lowest BCUT2D eigenvalue weighted by molar-refractivity contribution is -0.260. The molecule has 4 rings (SSSR count). The van der Waals surface area contributed by atoms with Gasteiger partial charge in [-0.15, -0.1) is 0 Å². The van der Waals surface area contributed by atoms with Gasteiger partial charge in [0.2, 0.25) is 0 Å². The van der Waals surface area contributed by atoms with Crippen molar-refractivity contribution >= 4 is 27.0 Å². The molecule has 1 aliphatic rings. The van der Waals surface area contributed by atoms with E-state index in [4.69, 9.17) is 0 Å². The number of hydrogen-bond donors (Lipinski definition) is 0. The van der Waals surface area contributed by atoms with Gasteiger partial charge in [-0.25, -0.2) is 8.42 Å². The van der Waals surface area contributed by atoms with Crippen LogP contribution < -0.4 is 0 Å². The fourth-order valence-corrected chi connectivity index (χ4v) is 6.30. The monoisotopic (exact) mass is 600 g/mol. The Morgan fingerprint density at radius 1 is 0.800 bits per heavy atom. The second kappa shape index (κ2) is 13.4. The Morgan fingerprint density at radius 2 is 1.23 bits per heavy atom. The Labute approximate surface area is 231 Å². The second-order valence-electron chi connectivity index (χ2n) is 8.60. The number of allylic oxidation sites excluding steroid dienone is 2. The van der Waals surface area contributed by atoms with Crippen molar-refractivity contribution in [3.05, 3.63) is 103 Å². The van der Waals surface area contributed by atoms with Crippen LogP contribution in [0.4, 0.5) is 22.0 Å². The number of esters is 1. The summed E-state index contributed by atoms with van der Waals surface area (Å²) < 4.78 is 98.2. The average Bonchev–Trinajstić information content (AvgIpc) is 2.93. The molecule has 0 amide bonds. The summed E-state index contributed by atoms with van der Waals surface area (Å²) >= 11 is 0. The number of ether oxygens (including phenoxy) is 1. The number of rotatable bonds is 7. The van der Waals surface area contributed by atoms with Crippen LogP contribution in [0.25, 0.3) is 0 Å². The first kappa shape index (κ1) is 31.3. The van der Waals surface area contributed by atoms with E-state index in [-0.39, 0.29) is 23.7 Å². The Balaban J connectivity index is 0.000000221. The molecule has 0 spiro atoms. The van der Waals surface area contributed by atoms with E-state index in [0.717, 1.165) is 0 Å².